The van der Waals surface area contributed by atoms with E-state index in [0.717, 1.165) is 25.7 Å². The lowest BCUT2D eigenvalue weighted by Crippen LogP contribution is -2.54. The molecular weight excluding hydrogens is 322 g/mol. The molecule has 2 aliphatic rings. The number of amides is 1. The summed E-state index contributed by atoms with van der Waals surface area (Å²) in [7, 11) is 4.61. The molecule has 0 aromatic heterocycles. The van der Waals surface area contributed by atoms with E-state index in [0.29, 0.717) is 42.3 Å². The quantitative estimate of drug-likeness (QED) is 0.904. The van der Waals surface area contributed by atoms with Gasteiger partial charge in [-0.1, -0.05) is 12.8 Å². The van der Waals surface area contributed by atoms with Gasteiger partial charge in [-0.15, -0.1) is 0 Å². The van der Waals surface area contributed by atoms with E-state index in [9.17, 15) is 9.90 Å². The fraction of sp³-hybridized carbons (Fsp3) is 0.632. The molecule has 138 valence electrons. The van der Waals surface area contributed by atoms with Crippen molar-refractivity contribution in [2.24, 2.45) is 5.92 Å². The summed E-state index contributed by atoms with van der Waals surface area (Å²) in [5, 5.41) is 10.8. The third-order valence-corrected chi connectivity index (χ3v) is 5.63. The molecule has 6 heteroatoms. The number of hydrogen-bond acceptors (Lipinski definition) is 5. The molecule has 25 heavy (non-hydrogen) atoms. The van der Waals surface area contributed by atoms with Crippen LogP contribution in [0.3, 0.4) is 0 Å². The highest BCUT2D eigenvalue weighted by molar-refractivity contribution is 5.95. The molecule has 1 aliphatic heterocycles. The summed E-state index contributed by atoms with van der Waals surface area (Å²) in [6.07, 6.45) is 4.68. The SMILES string of the molecule is COc1cc(C(=O)N2CCC3(O)CCCCC3C2)cc(OC)c1OC. The van der Waals surface area contributed by atoms with E-state index in [1.54, 1.807) is 12.1 Å². The Balaban J connectivity index is 1.83. The number of carbonyl (C=O) groups is 1. The Morgan fingerprint density at radius 1 is 1.12 bits per heavy atom. The lowest BCUT2D eigenvalue weighted by Gasteiger charge is -2.47. The molecule has 3 rings (SSSR count). The average Bonchev–Trinajstić information content (AvgIpc) is 2.65. The van der Waals surface area contributed by atoms with Crippen LogP contribution in [-0.4, -0.2) is 55.9 Å². The number of carbonyl (C=O) groups excluding carboxylic acids is 1. The number of rotatable bonds is 4. The Morgan fingerprint density at radius 2 is 1.80 bits per heavy atom. The first kappa shape index (κ1) is 17.9. The molecule has 1 heterocycles. The predicted octanol–water partition coefficient (Wildman–Crippen LogP) is 2.48. The minimum Gasteiger partial charge on any atom is -0.493 e. The number of fused-ring (bicyclic) bond motifs is 1. The minimum atomic E-state index is -0.593. The van der Waals surface area contributed by atoms with Crippen molar-refractivity contribution >= 4 is 5.91 Å². The molecule has 1 aromatic carbocycles. The lowest BCUT2D eigenvalue weighted by molar-refractivity contribution is -0.0886. The number of piperidine rings is 1. The van der Waals surface area contributed by atoms with Crippen LogP contribution in [0.4, 0.5) is 0 Å². The van der Waals surface area contributed by atoms with E-state index >= 15 is 0 Å². The van der Waals surface area contributed by atoms with Gasteiger partial charge >= 0.3 is 0 Å². The number of methoxy groups -OCH3 is 3. The van der Waals surface area contributed by atoms with Gasteiger partial charge in [0.2, 0.25) is 5.75 Å². The number of benzene rings is 1. The van der Waals surface area contributed by atoms with E-state index in [-0.39, 0.29) is 11.8 Å². The summed E-state index contributed by atoms with van der Waals surface area (Å²) < 4.78 is 16.0. The molecule has 1 saturated heterocycles. The molecule has 2 unspecified atom stereocenters. The van der Waals surface area contributed by atoms with Crippen molar-refractivity contribution in [1.29, 1.82) is 0 Å². The number of nitrogens with zero attached hydrogens (tertiary/aromatic N) is 1. The van der Waals surface area contributed by atoms with Gasteiger partial charge in [-0.3, -0.25) is 4.79 Å². The number of ether oxygens (including phenoxy) is 3. The van der Waals surface area contributed by atoms with E-state index in [4.69, 9.17) is 14.2 Å². The molecule has 1 N–H and O–H groups in total. The maximum atomic E-state index is 13.0. The molecular formula is C19H27NO5. The second kappa shape index (κ2) is 7.12. The van der Waals surface area contributed by atoms with Gasteiger partial charge in [0.25, 0.3) is 5.91 Å². The molecule has 2 atom stereocenters. The highest BCUT2D eigenvalue weighted by Crippen LogP contribution is 2.41. The van der Waals surface area contributed by atoms with Crippen molar-refractivity contribution in [2.45, 2.75) is 37.7 Å². The maximum absolute atomic E-state index is 13.0. The van der Waals surface area contributed by atoms with E-state index in [1.807, 2.05) is 4.90 Å². The van der Waals surface area contributed by atoms with Crippen molar-refractivity contribution in [3.63, 3.8) is 0 Å². The predicted molar refractivity (Wildman–Crippen MR) is 93.5 cm³/mol. The minimum absolute atomic E-state index is 0.0631. The van der Waals surface area contributed by atoms with E-state index in [2.05, 4.69) is 0 Å². The molecule has 2 fully saturated rings. The third-order valence-electron chi connectivity index (χ3n) is 5.63. The number of hydrogen-bond donors (Lipinski definition) is 1. The lowest BCUT2D eigenvalue weighted by atomic mass is 9.71. The zero-order valence-corrected chi connectivity index (χ0v) is 15.2. The van der Waals surface area contributed by atoms with Gasteiger partial charge in [-0.25, -0.2) is 0 Å². The van der Waals surface area contributed by atoms with Crippen molar-refractivity contribution < 1.29 is 24.1 Å². The van der Waals surface area contributed by atoms with Crippen molar-refractivity contribution in [3.8, 4) is 17.2 Å². The van der Waals surface area contributed by atoms with Crippen LogP contribution in [0, 0.1) is 5.92 Å². The highest BCUT2D eigenvalue weighted by Gasteiger charge is 2.43. The fourth-order valence-corrected chi connectivity index (χ4v) is 4.14. The van der Waals surface area contributed by atoms with Crippen LogP contribution in [0.1, 0.15) is 42.5 Å². The normalized spacial score (nSPS) is 25.9. The average molecular weight is 349 g/mol. The highest BCUT2D eigenvalue weighted by atomic mass is 16.5. The van der Waals surface area contributed by atoms with Crippen LogP contribution in [-0.2, 0) is 0 Å². The summed E-state index contributed by atoms with van der Waals surface area (Å²) >= 11 is 0. The van der Waals surface area contributed by atoms with Crippen molar-refractivity contribution in [3.05, 3.63) is 17.7 Å². The van der Waals surface area contributed by atoms with Crippen LogP contribution >= 0.6 is 0 Å². The zero-order valence-electron chi connectivity index (χ0n) is 15.2. The summed E-state index contributed by atoms with van der Waals surface area (Å²) in [6, 6.07) is 3.37. The molecule has 1 saturated carbocycles. The smallest absolute Gasteiger partial charge is 0.254 e. The molecule has 6 nitrogen and oxygen atoms in total. The van der Waals surface area contributed by atoms with Crippen LogP contribution in [0.15, 0.2) is 12.1 Å². The van der Waals surface area contributed by atoms with Gasteiger partial charge in [0, 0.05) is 24.6 Å². The van der Waals surface area contributed by atoms with Gasteiger partial charge in [0.1, 0.15) is 0 Å². The van der Waals surface area contributed by atoms with Crippen molar-refractivity contribution in [1.82, 2.24) is 4.90 Å². The van der Waals surface area contributed by atoms with Gasteiger partial charge in [0.15, 0.2) is 11.5 Å². The second-order valence-electron chi connectivity index (χ2n) is 6.96. The summed E-state index contributed by atoms with van der Waals surface area (Å²) in [6.45, 7) is 1.18. The van der Waals surface area contributed by atoms with Gasteiger partial charge < -0.3 is 24.2 Å². The van der Waals surface area contributed by atoms with Crippen LogP contribution in [0.2, 0.25) is 0 Å². The van der Waals surface area contributed by atoms with E-state index < -0.39 is 5.60 Å². The van der Waals surface area contributed by atoms with Crippen LogP contribution < -0.4 is 14.2 Å². The Hall–Kier alpha value is -1.95. The first-order valence-corrected chi connectivity index (χ1v) is 8.84. The second-order valence-corrected chi connectivity index (χ2v) is 6.96. The van der Waals surface area contributed by atoms with Crippen LogP contribution in [0.5, 0.6) is 17.2 Å². The summed E-state index contributed by atoms with van der Waals surface area (Å²) in [5.41, 5.74) is -0.0830. The molecule has 1 aromatic rings. The molecule has 1 aliphatic carbocycles. The Kier molecular flexibility index (Phi) is 5.08. The van der Waals surface area contributed by atoms with Gasteiger partial charge in [-0.05, 0) is 31.4 Å². The number of likely N-dealkylation sites (tertiary alicyclic amines) is 1. The first-order valence-electron chi connectivity index (χ1n) is 8.84. The molecule has 0 radical (unpaired) electrons. The fourth-order valence-electron chi connectivity index (χ4n) is 4.14. The monoisotopic (exact) mass is 349 g/mol. The Bertz CT molecular complexity index is 622. The standard InChI is InChI=1S/C19H27NO5/c1-23-15-10-13(11-16(24-2)17(15)25-3)18(21)20-9-8-19(22)7-5-4-6-14(19)12-20/h10-11,14,22H,4-9,12H2,1-3H3. The molecule has 0 spiro atoms. The summed E-state index contributed by atoms with van der Waals surface area (Å²) in [4.78, 5) is 14.8. The van der Waals surface area contributed by atoms with Gasteiger partial charge in [-0.2, -0.15) is 0 Å². The van der Waals surface area contributed by atoms with Crippen molar-refractivity contribution in [2.75, 3.05) is 34.4 Å². The summed E-state index contributed by atoms with van der Waals surface area (Å²) in [5.74, 6) is 1.52. The maximum Gasteiger partial charge on any atom is 0.254 e. The Morgan fingerprint density at radius 3 is 2.40 bits per heavy atom. The first-order chi connectivity index (χ1) is 12.0. The molecule has 1 amide bonds. The topological polar surface area (TPSA) is 68.2 Å². The Labute approximate surface area is 148 Å². The largest absolute Gasteiger partial charge is 0.493 e. The zero-order chi connectivity index (χ0) is 18.0. The van der Waals surface area contributed by atoms with Crippen LogP contribution in [0.25, 0.3) is 0 Å². The third kappa shape index (κ3) is 3.27. The molecule has 0 bridgehead atoms. The van der Waals surface area contributed by atoms with Gasteiger partial charge in [0.05, 0.1) is 26.9 Å². The number of aliphatic hydroxyl groups is 1. The van der Waals surface area contributed by atoms with E-state index in [1.165, 1.54) is 21.3 Å².